The molecule has 2 aliphatic heterocycles. The fraction of sp³-hybridized carbons (Fsp3) is 0.367. The molecule has 0 saturated carbocycles. The van der Waals surface area contributed by atoms with Crippen molar-refractivity contribution in [1.82, 2.24) is 9.88 Å². The highest BCUT2D eigenvalue weighted by molar-refractivity contribution is 8.04. The summed E-state index contributed by atoms with van der Waals surface area (Å²) in [5, 5.41) is 1.92. The predicted octanol–water partition coefficient (Wildman–Crippen LogP) is 5.59. The first kappa shape index (κ1) is 32.4. The summed E-state index contributed by atoms with van der Waals surface area (Å²) in [5.41, 5.74) is 8.36. The van der Waals surface area contributed by atoms with Crippen molar-refractivity contribution in [2.75, 3.05) is 13.2 Å². The third kappa shape index (κ3) is 7.17. The number of aromatic nitrogens is 1. The monoisotopic (exact) mass is 640 g/mol. The lowest BCUT2D eigenvalue weighted by atomic mass is 9.79. The highest BCUT2D eigenvalue weighted by Gasteiger charge is 2.61. The zero-order valence-corrected chi connectivity index (χ0v) is 27.5. The van der Waals surface area contributed by atoms with Crippen LogP contribution in [0.1, 0.15) is 19.4 Å². The van der Waals surface area contributed by atoms with Crippen LogP contribution in [0.2, 0.25) is 19.6 Å². The number of aliphatic imine (C=N–C) groups is 1. The van der Waals surface area contributed by atoms with Crippen molar-refractivity contribution < 1.29 is 28.3 Å². The van der Waals surface area contributed by atoms with Crippen LogP contribution in [0, 0.1) is 11.8 Å². The van der Waals surface area contributed by atoms with Gasteiger partial charge in [-0.05, 0) is 26.6 Å². The second-order valence-electron chi connectivity index (χ2n) is 11.1. The second kappa shape index (κ2) is 13.4. The topological polar surface area (TPSA) is 133 Å². The first-order valence-electron chi connectivity index (χ1n) is 13.7. The van der Waals surface area contributed by atoms with Crippen molar-refractivity contribution >= 4 is 55.2 Å². The van der Waals surface area contributed by atoms with Gasteiger partial charge < -0.3 is 24.5 Å². The highest BCUT2D eigenvalue weighted by Crippen LogP contribution is 2.53. The third-order valence-electron chi connectivity index (χ3n) is 6.85. The van der Waals surface area contributed by atoms with Crippen molar-refractivity contribution in [1.29, 1.82) is 0 Å². The Bertz CT molecular complexity index is 1480. The number of thiazole rings is 1. The maximum absolute atomic E-state index is 13.4. The third-order valence-corrected chi connectivity index (χ3v) is 10.2. The molecule has 3 heterocycles. The van der Waals surface area contributed by atoms with Gasteiger partial charge in [-0.25, -0.2) is 14.6 Å². The van der Waals surface area contributed by atoms with E-state index in [0.29, 0.717) is 5.56 Å². The number of esters is 1. The zero-order valence-electron chi connectivity index (χ0n) is 24.9. The number of amides is 2. The Morgan fingerprint density at radius 2 is 1.84 bits per heavy atom. The standard InChI is InChI=1S/C30H36N4O6S2Si/c1-8-14-38-28(36)24-25(17(3)23-22(27(35)34(23)24)18(4)40-43(5,6)7)42-30-32-21(16-41-30)19-10-12-20(13-11-19)26(31)33-29(37)39-15-9-2/h8-13,16-18,22-23H,1-2,14-15H2,3-7H3,(H2,31,33,37)/t17-,18-,22-,23-/m1/s1. The molecule has 2 amide bonds. The van der Waals surface area contributed by atoms with Gasteiger partial charge in [-0.3, -0.25) is 4.79 Å². The fourth-order valence-electron chi connectivity index (χ4n) is 5.14. The van der Waals surface area contributed by atoms with E-state index in [2.05, 4.69) is 37.8 Å². The summed E-state index contributed by atoms with van der Waals surface area (Å²) in [4.78, 5) is 49.2. The number of amidine groups is 1. The maximum Gasteiger partial charge on any atom is 0.435 e. The number of fused-ring (bicyclic) bond motifs is 1. The van der Waals surface area contributed by atoms with E-state index in [0.717, 1.165) is 20.5 Å². The van der Waals surface area contributed by atoms with Gasteiger partial charge in [-0.1, -0.05) is 68.3 Å². The molecule has 2 aliphatic rings. The summed E-state index contributed by atoms with van der Waals surface area (Å²) >= 11 is 2.82. The van der Waals surface area contributed by atoms with E-state index < -0.39 is 20.4 Å². The van der Waals surface area contributed by atoms with E-state index in [1.807, 2.05) is 31.4 Å². The summed E-state index contributed by atoms with van der Waals surface area (Å²) in [6.45, 7) is 17.5. The molecular weight excluding hydrogens is 605 g/mol. The van der Waals surface area contributed by atoms with Crippen LogP contribution in [0.4, 0.5) is 4.79 Å². The Morgan fingerprint density at radius 1 is 1.19 bits per heavy atom. The normalized spacial score (nSPS) is 20.8. The van der Waals surface area contributed by atoms with Crippen LogP contribution in [0.25, 0.3) is 11.3 Å². The maximum atomic E-state index is 13.4. The van der Waals surface area contributed by atoms with Gasteiger partial charge >= 0.3 is 12.1 Å². The molecule has 0 unspecified atom stereocenters. The Balaban J connectivity index is 1.55. The number of carbonyl (C=O) groups excluding carboxylic acids is 3. The minimum Gasteiger partial charge on any atom is -0.457 e. The van der Waals surface area contributed by atoms with E-state index >= 15 is 0 Å². The largest absolute Gasteiger partial charge is 0.457 e. The summed E-state index contributed by atoms with van der Waals surface area (Å²) in [5.74, 6) is -1.09. The number of nitrogens with zero attached hydrogens (tertiary/aromatic N) is 3. The minimum absolute atomic E-state index is 0.0372. The molecule has 0 bridgehead atoms. The Kier molecular flexibility index (Phi) is 10.1. The van der Waals surface area contributed by atoms with Gasteiger partial charge in [-0.2, -0.15) is 4.99 Å². The molecule has 1 aromatic carbocycles. The van der Waals surface area contributed by atoms with Crippen LogP contribution in [0.15, 0.2) is 74.9 Å². The van der Waals surface area contributed by atoms with Crippen LogP contribution in [-0.2, 0) is 23.5 Å². The van der Waals surface area contributed by atoms with Crippen LogP contribution >= 0.6 is 23.1 Å². The molecule has 0 spiro atoms. The van der Waals surface area contributed by atoms with E-state index in [4.69, 9.17) is 24.6 Å². The van der Waals surface area contributed by atoms with E-state index in [1.54, 1.807) is 17.0 Å². The van der Waals surface area contributed by atoms with Gasteiger partial charge in [0.1, 0.15) is 24.7 Å². The molecule has 2 aromatic rings. The summed E-state index contributed by atoms with van der Waals surface area (Å²) in [6, 6.07) is 6.97. The van der Waals surface area contributed by atoms with E-state index in [1.165, 1.54) is 35.3 Å². The lowest BCUT2D eigenvalue weighted by Crippen LogP contribution is -2.64. The van der Waals surface area contributed by atoms with Crippen molar-refractivity contribution in [3.8, 4) is 11.3 Å². The van der Waals surface area contributed by atoms with Gasteiger partial charge in [0.2, 0.25) is 5.91 Å². The van der Waals surface area contributed by atoms with E-state index in [-0.39, 0.29) is 54.6 Å². The van der Waals surface area contributed by atoms with Gasteiger partial charge in [0.15, 0.2) is 12.7 Å². The van der Waals surface area contributed by atoms with Crippen molar-refractivity contribution in [2.45, 2.75) is 50.0 Å². The zero-order chi connectivity index (χ0) is 31.5. The molecule has 2 N–H and O–H groups in total. The predicted molar refractivity (Wildman–Crippen MR) is 171 cm³/mol. The Labute approximate surface area is 260 Å². The number of thioether (sulfide) groups is 1. The minimum atomic E-state index is -1.89. The molecule has 228 valence electrons. The number of carbonyl (C=O) groups is 3. The summed E-state index contributed by atoms with van der Waals surface area (Å²) < 4.78 is 17.2. The molecule has 1 aromatic heterocycles. The van der Waals surface area contributed by atoms with Crippen LogP contribution in [-0.4, -0.2) is 67.4 Å². The highest BCUT2D eigenvalue weighted by atomic mass is 32.2. The quantitative estimate of drug-likeness (QED) is 0.0787. The number of β-lactam (4-membered cyclic amide) rings is 1. The number of benzene rings is 1. The smallest absolute Gasteiger partial charge is 0.435 e. The van der Waals surface area contributed by atoms with Gasteiger partial charge in [0.25, 0.3) is 0 Å². The molecule has 13 heteroatoms. The van der Waals surface area contributed by atoms with Gasteiger partial charge in [0.05, 0.1) is 23.8 Å². The lowest BCUT2D eigenvalue weighted by Gasteiger charge is -2.48. The molecule has 4 atom stereocenters. The first-order valence-corrected chi connectivity index (χ1v) is 18.9. The fourth-order valence-corrected chi connectivity index (χ4v) is 8.49. The Morgan fingerprint density at radius 3 is 2.47 bits per heavy atom. The number of hydrogen-bond acceptors (Lipinski definition) is 9. The number of nitrogens with two attached hydrogens (primary N) is 1. The molecule has 0 aliphatic carbocycles. The van der Waals surface area contributed by atoms with Crippen molar-refractivity contribution in [3.63, 3.8) is 0 Å². The lowest BCUT2D eigenvalue weighted by molar-refractivity contribution is -0.163. The van der Waals surface area contributed by atoms with Gasteiger partial charge in [-0.15, -0.1) is 11.3 Å². The van der Waals surface area contributed by atoms with Crippen LogP contribution in [0.3, 0.4) is 0 Å². The average Bonchev–Trinajstić information content (AvgIpc) is 3.51. The van der Waals surface area contributed by atoms with Crippen LogP contribution in [0.5, 0.6) is 0 Å². The summed E-state index contributed by atoms with van der Waals surface area (Å²) in [6.07, 6.45) is 1.89. The second-order valence-corrected chi connectivity index (χ2v) is 17.7. The SMILES string of the molecule is C=CCOC(=O)/N=C(\N)c1ccc(-c2csc(SC3=C(C(=O)OCC=C)N4C(=O)[C@H]([C@@H](C)O[Si](C)(C)C)[C@H]4[C@H]3C)n2)cc1. The molecular formula is C30H36N4O6S2Si. The molecule has 0 radical (unpaired) electrons. The molecule has 1 fully saturated rings. The molecule has 4 rings (SSSR count). The van der Waals surface area contributed by atoms with Crippen molar-refractivity contribution in [2.24, 2.45) is 22.6 Å². The van der Waals surface area contributed by atoms with Crippen molar-refractivity contribution in [3.05, 3.63) is 71.1 Å². The van der Waals surface area contributed by atoms with Crippen LogP contribution < -0.4 is 5.73 Å². The number of hydrogen-bond donors (Lipinski definition) is 1. The first-order chi connectivity index (χ1) is 20.4. The Hall–Kier alpha value is -3.52. The molecule has 43 heavy (non-hydrogen) atoms. The number of rotatable bonds is 12. The number of ether oxygens (including phenoxy) is 2. The average molecular weight is 641 g/mol. The van der Waals surface area contributed by atoms with Gasteiger partial charge in [0, 0.05) is 27.3 Å². The van der Waals surface area contributed by atoms with E-state index in [9.17, 15) is 14.4 Å². The summed E-state index contributed by atoms with van der Waals surface area (Å²) in [7, 11) is -1.89. The molecule has 10 nitrogen and oxygen atoms in total. The molecule has 1 saturated heterocycles.